The summed E-state index contributed by atoms with van der Waals surface area (Å²) in [4.78, 5) is 0. The molecule has 0 aromatic rings. The number of hydrogen-bond acceptors (Lipinski definition) is 0. The van der Waals surface area contributed by atoms with Crippen LogP contribution in [0.3, 0.4) is 0 Å². The van der Waals surface area contributed by atoms with Crippen molar-refractivity contribution >= 4 is 0 Å². The maximum absolute atomic E-state index is 3.30. The van der Waals surface area contributed by atoms with Crippen LogP contribution in [0.15, 0.2) is 35.5 Å². The van der Waals surface area contributed by atoms with Crippen LogP contribution in [0.25, 0.3) is 0 Å². The Morgan fingerprint density at radius 2 is 1.00 bits per heavy atom. The fourth-order valence-corrected chi connectivity index (χ4v) is 1.85. The van der Waals surface area contributed by atoms with Gasteiger partial charge in [0.1, 0.15) is 0 Å². The van der Waals surface area contributed by atoms with Crippen molar-refractivity contribution < 1.29 is 65.4 Å². The Morgan fingerprint density at radius 3 is 1.06 bits per heavy atom. The molecule has 18 heavy (non-hydrogen) atoms. The van der Waals surface area contributed by atoms with Crippen molar-refractivity contribution in [3.05, 3.63) is 47.6 Å². The first kappa shape index (κ1) is 21.5. The molecule has 2 rings (SSSR count). The third kappa shape index (κ3) is 8.36. The van der Waals surface area contributed by atoms with E-state index in [2.05, 4.69) is 78.0 Å². The average Bonchev–Trinajstić information content (AvgIpc) is 2.56. The second-order valence-electron chi connectivity index (χ2n) is 5.73. The van der Waals surface area contributed by atoms with Crippen LogP contribution < -0.4 is 0 Å². The van der Waals surface area contributed by atoms with Gasteiger partial charge >= 0.3 is 0 Å². The quantitative estimate of drug-likeness (QED) is 0.527. The van der Waals surface area contributed by atoms with Gasteiger partial charge in [-0.15, -0.1) is 0 Å². The van der Waals surface area contributed by atoms with Crippen molar-refractivity contribution in [2.24, 2.45) is 10.8 Å². The van der Waals surface area contributed by atoms with Crippen LogP contribution in [-0.2, 0) is 65.4 Å². The molecule has 0 bridgehead atoms. The molecule has 0 spiro atoms. The second-order valence-corrected chi connectivity index (χ2v) is 5.73. The molecule has 0 heterocycles. The topological polar surface area (TPSA) is 0 Å². The summed E-state index contributed by atoms with van der Waals surface area (Å²) in [5, 5.41) is 0. The molecule has 0 amide bonds. The van der Waals surface area contributed by atoms with E-state index in [9.17, 15) is 0 Å². The maximum atomic E-state index is 3.30. The van der Waals surface area contributed by atoms with Gasteiger partial charge in [0.25, 0.3) is 0 Å². The Hall–Kier alpha value is 1.17. The predicted octanol–water partition coefficient (Wildman–Crippen LogP) is 4.66. The molecule has 2 aliphatic rings. The summed E-state index contributed by atoms with van der Waals surface area (Å²) >= 11 is 0. The SMILES string of the molecule is CC1=[C-]C(C)(C)C=C1.CC1=[C-]C(C)(C)C=C1.[Y].[Y]. The Kier molecular flexibility index (Phi) is 10.1. The molecule has 2 radical (unpaired) electrons. The van der Waals surface area contributed by atoms with Crippen molar-refractivity contribution in [1.29, 1.82) is 0 Å². The van der Waals surface area contributed by atoms with Gasteiger partial charge in [-0.05, 0) is 0 Å². The monoisotopic (exact) mass is 392 g/mol. The molecular weight excluding hydrogens is 370 g/mol. The van der Waals surface area contributed by atoms with E-state index in [0.717, 1.165) is 0 Å². The molecule has 94 valence electrons. The van der Waals surface area contributed by atoms with Gasteiger partial charge in [-0.2, -0.15) is 12.2 Å². The van der Waals surface area contributed by atoms with E-state index >= 15 is 0 Å². The zero-order valence-corrected chi connectivity index (χ0v) is 18.1. The smallest absolute Gasteiger partial charge is 0 e. The minimum absolute atomic E-state index is 0. The summed E-state index contributed by atoms with van der Waals surface area (Å²) in [6, 6.07) is 0. The zero-order valence-electron chi connectivity index (χ0n) is 12.5. The van der Waals surface area contributed by atoms with E-state index in [0.29, 0.717) is 0 Å². The van der Waals surface area contributed by atoms with E-state index in [1.54, 1.807) is 0 Å². The first-order valence-corrected chi connectivity index (χ1v) is 5.82. The van der Waals surface area contributed by atoms with E-state index < -0.39 is 0 Å². The molecule has 0 N–H and O–H groups in total. The molecule has 0 atom stereocenters. The van der Waals surface area contributed by atoms with Gasteiger partial charge < -0.3 is 0 Å². The fraction of sp³-hybridized carbons (Fsp3) is 0.500. The van der Waals surface area contributed by atoms with Gasteiger partial charge in [0.2, 0.25) is 0 Å². The van der Waals surface area contributed by atoms with E-state index in [-0.39, 0.29) is 76.2 Å². The fourth-order valence-electron chi connectivity index (χ4n) is 1.85. The Bertz CT molecular complexity index is 342. The largest absolute Gasteiger partial charge is 0.264 e. The second kappa shape index (κ2) is 8.45. The standard InChI is InChI=1S/2C8H11.2Y/c2*1-7-4-5-8(2,3)6-7;;/h2*4-5H,1-3H3;;/q2*-1;;. The van der Waals surface area contributed by atoms with Crippen molar-refractivity contribution in [2.45, 2.75) is 41.5 Å². The molecule has 0 saturated carbocycles. The van der Waals surface area contributed by atoms with Gasteiger partial charge in [-0.3, -0.25) is 12.2 Å². The molecule has 0 aromatic carbocycles. The molecule has 2 aliphatic carbocycles. The Labute approximate surface area is 163 Å². The van der Waals surface area contributed by atoms with Gasteiger partial charge in [-0.1, -0.05) is 52.4 Å². The van der Waals surface area contributed by atoms with Gasteiger partial charge in [0, 0.05) is 65.4 Å². The summed E-state index contributed by atoms with van der Waals surface area (Å²) in [6.07, 6.45) is 15.2. The number of allylic oxidation sites excluding steroid dienone is 8. The third-order valence-corrected chi connectivity index (χ3v) is 2.54. The third-order valence-electron chi connectivity index (χ3n) is 2.54. The number of hydrogen-bond donors (Lipinski definition) is 0. The molecule has 0 unspecified atom stereocenters. The van der Waals surface area contributed by atoms with Crippen LogP contribution in [0.1, 0.15) is 41.5 Å². The van der Waals surface area contributed by atoms with Gasteiger partial charge in [0.15, 0.2) is 0 Å². The molecular formula is C16H22Y2-2. The van der Waals surface area contributed by atoms with Crippen LogP contribution in [0.5, 0.6) is 0 Å². The van der Waals surface area contributed by atoms with E-state index in [1.165, 1.54) is 11.1 Å². The summed E-state index contributed by atoms with van der Waals surface area (Å²) in [7, 11) is 0. The normalized spacial score (nSPS) is 21.0. The van der Waals surface area contributed by atoms with E-state index in [4.69, 9.17) is 0 Å². The minimum atomic E-state index is 0. The molecule has 0 fully saturated rings. The summed E-state index contributed by atoms with van der Waals surface area (Å²) in [6.45, 7) is 12.8. The van der Waals surface area contributed by atoms with Crippen molar-refractivity contribution in [3.8, 4) is 0 Å². The summed E-state index contributed by atoms with van der Waals surface area (Å²) < 4.78 is 0. The number of rotatable bonds is 0. The van der Waals surface area contributed by atoms with Gasteiger partial charge in [-0.25, -0.2) is 23.3 Å². The average molecular weight is 392 g/mol. The van der Waals surface area contributed by atoms with Crippen molar-refractivity contribution in [1.82, 2.24) is 0 Å². The van der Waals surface area contributed by atoms with Crippen LogP contribution in [-0.4, -0.2) is 0 Å². The van der Waals surface area contributed by atoms with Crippen molar-refractivity contribution in [3.63, 3.8) is 0 Å². The summed E-state index contributed by atoms with van der Waals surface area (Å²) in [5.74, 6) is 0. The zero-order chi connectivity index (χ0) is 12.4. The first-order chi connectivity index (χ1) is 7.20. The van der Waals surface area contributed by atoms with Crippen LogP contribution in [0.2, 0.25) is 0 Å². The first-order valence-electron chi connectivity index (χ1n) is 5.82. The molecule has 2 heteroatoms. The van der Waals surface area contributed by atoms with E-state index in [1.807, 2.05) is 0 Å². The molecule has 0 aromatic heterocycles. The predicted molar refractivity (Wildman–Crippen MR) is 70.7 cm³/mol. The van der Waals surface area contributed by atoms with Crippen molar-refractivity contribution in [2.75, 3.05) is 0 Å². The van der Waals surface area contributed by atoms with Crippen LogP contribution in [0.4, 0.5) is 0 Å². The minimum Gasteiger partial charge on any atom is -0.264 e. The van der Waals surface area contributed by atoms with Crippen LogP contribution in [0, 0.1) is 23.0 Å². The Balaban J connectivity index is 0. The van der Waals surface area contributed by atoms with Crippen LogP contribution >= 0.6 is 0 Å². The summed E-state index contributed by atoms with van der Waals surface area (Å²) in [5.41, 5.74) is 2.92. The van der Waals surface area contributed by atoms with Gasteiger partial charge in [0.05, 0.1) is 0 Å². The molecule has 0 saturated heterocycles. The molecule has 0 nitrogen and oxygen atoms in total. The Morgan fingerprint density at radius 1 is 0.722 bits per heavy atom. The maximum Gasteiger partial charge on any atom is 0 e. The molecule has 0 aliphatic heterocycles.